The first-order valence-electron chi connectivity index (χ1n) is 11.1. The average molecular weight is 377 g/mol. The second-order valence-electron chi connectivity index (χ2n) is 10.2. The van der Waals surface area contributed by atoms with Gasteiger partial charge in [0.15, 0.2) is 5.78 Å². The maximum absolute atomic E-state index is 13.4. The Labute approximate surface area is 168 Å². The zero-order valence-corrected chi connectivity index (χ0v) is 17.2. The van der Waals surface area contributed by atoms with E-state index in [2.05, 4.69) is 38.1 Å². The summed E-state index contributed by atoms with van der Waals surface area (Å²) in [6.45, 7) is 4.69. The van der Waals surface area contributed by atoms with Gasteiger partial charge in [0.05, 0.1) is 6.10 Å². The smallest absolute Gasteiger partial charge is 0.165 e. The van der Waals surface area contributed by atoms with Gasteiger partial charge in [0, 0.05) is 5.41 Å². The Morgan fingerprint density at radius 1 is 1.00 bits per heavy atom. The molecule has 1 N–H and O–H groups in total. The number of allylic oxidation sites excluding steroid dienone is 2. The third-order valence-electron chi connectivity index (χ3n) is 8.86. The first-order valence-corrected chi connectivity index (χ1v) is 11.1. The fourth-order valence-electron chi connectivity index (χ4n) is 7.19. The third kappa shape index (κ3) is 2.60. The molecule has 4 aliphatic carbocycles. The maximum Gasteiger partial charge on any atom is 0.165 e. The van der Waals surface area contributed by atoms with Crippen LogP contribution in [0.25, 0.3) is 6.08 Å². The van der Waals surface area contributed by atoms with E-state index in [1.54, 1.807) is 0 Å². The summed E-state index contributed by atoms with van der Waals surface area (Å²) < 4.78 is 0. The Hall–Kier alpha value is -1.67. The topological polar surface area (TPSA) is 37.3 Å². The van der Waals surface area contributed by atoms with Gasteiger partial charge in [0.25, 0.3) is 0 Å². The minimum atomic E-state index is -0.183. The monoisotopic (exact) mass is 376 g/mol. The van der Waals surface area contributed by atoms with Crippen molar-refractivity contribution in [1.29, 1.82) is 0 Å². The van der Waals surface area contributed by atoms with Gasteiger partial charge in [-0.1, -0.05) is 55.8 Å². The molecule has 0 heterocycles. The first-order chi connectivity index (χ1) is 13.4. The summed E-state index contributed by atoms with van der Waals surface area (Å²) >= 11 is 0. The van der Waals surface area contributed by atoms with Crippen LogP contribution < -0.4 is 0 Å². The van der Waals surface area contributed by atoms with Crippen LogP contribution >= 0.6 is 0 Å². The number of ketones is 1. The Bertz CT molecular complexity index is 850. The quantitative estimate of drug-likeness (QED) is 0.514. The fraction of sp³-hybridized carbons (Fsp3) is 0.577. The molecule has 6 atom stereocenters. The SMILES string of the molecule is C[C@@]12CC[C@@H]3[C@H](CC=C4C[C@H](O)CC[C@]43C)[C@@H]1C/C(=C\c1ccccc1)C2=O. The van der Waals surface area contributed by atoms with Crippen molar-refractivity contribution in [3.63, 3.8) is 0 Å². The van der Waals surface area contributed by atoms with E-state index in [-0.39, 0.29) is 16.9 Å². The van der Waals surface area contributed by atoms with E-state index in [0.717, 1.165) is 56.1 Å². The predicted molar refractivity (Wildman–Crippen MR) is 113 cm³/mol. The molecule has 1 aromatic rings. The molecule has 2 nitrogen and oxygen atoms in total. The number of hydrogen-bond donors (Lipinski definition) is 1. The van der Waals surface area contributed by atoms with E-state index in [4.69, 9.17) is 0 Å². The highest BCUT2D eigenvalue weighted by Crippen LogP contribution is 2.64. The second-order valence-corrected chi connectivity index (χ2v) is 10.2. The van der Waals surface area contributed by atoms with Gasteiger partial charge in [-0.2, -0.15) is 0 Å². The van der Waals surface area contributed by atoms with Crippen molar-refractivity contribution >= 4 is 11.9 Å². The van der Waals surface area contributed by atoms with E-state index in [1.807, 2.05) is 18.2 Å². The van der Waals surface area contributed by atoms with Gasteiger partial charge < -0.3 is 5.11 Å². The summed E-state index contributed by atoms with van der Waals surface area (Å²) in [5.74, 6) is 2.14. The van der Waals surface area contributed by atoms with Gasteiger partial charge in [-0.3, -0.25) is 4.79 Å². The van der Waals surface area contributed by atoms with Crippen molar-refractivity contribution in [2.45, 2.75) is 64.9 Å². The highest BCUT2D eigenvalue weighted by molar-refractivity contribution is 6.05. The number of fused-ring (bicyclic) bond motifs is 5. The molecule has 0 aromatic heterocycles. The highest BCUT2D eigenvalue weighted by atomic mass is 16.3. The number of carbonyl (C=O) groups excluding carboxylic acids is 1. The van der Waals surface area contributed by atoms with E-state index < -0.39 is 0 Å². The van der Waals surface area contributed by atoms with Crippen molar-refractivity contribution in [3.05, 3.63) is 53.1 Å². The van der Waals surface area contributed by atoms with Crippen LogP contribution in [0.1, 0.15) is 64.4 Å². The number of hydrogen-bond acceptors (Lipinski definition) is 2. The van der Waals surface area contributed by atoms with Gasteiger partial charge in [0.2, 0.25) is 0 Å². The lowest BCUT2D eigenvalue weighted by molar-refractivity contribution is -0.130. The fourth-order valence-corrected chi connectivity index (χ4v) is 7.19. The number of rotatable bonds is 1. The molecule has 2 heteroatoms. The van der Waals surface area contributed by atoms with E-state index in [9.17, 15) is 9.90 Å². The normalized spacial score (nSPS) is 43.9. The first kappa shape index (κ1) is 18.4. The summed E-state index contributed by atoms with van der Waals surface area (Å²) in [5.41, 5.74) is 3.73. The zero-order valence-electron chi connectivity index (χ0n) is 17.2. The van der Waals surface area contributed by atoms with Gasteiger partial charge in [0.1, 0.15) is 0 Å². The summed E-state index contributed by atoms with van der Waals surface area (Å²) in [7, 11) is 0. The third-order valence-corrected chi connectivity index (χ3v) is 8.86. The zero-order chi connectivity index (χ0) is 19.5. The van der Waals surface area contributed by atoms with Crippen LogP contribution in [0.4, 0.5) is 0 Å². The van der Waals surface area contributed by atoms with Crippen molar-refractivity contribution < 1.29 is 9.90 Å². The van der Waals surface area contributed by atoms with Gasteiger partial charge in [-0.15, -0.1) is 0 Å². The number of benzene rings is 1. The molecular formula is C26H32O2. The van der Waals surface area contributed by atoms with Crippen molar-refractivity contribution in [3.8, 4) is 0 Å². The van der Waals surface area contributed by atoms with E-state index in [1.165, 1.54) is 5.57 Å². The predicted octanol–water partition coefficient (Wildman–Crippen LogP) is 5.57. The summed E-state index contributed by atoms with van der Waals surface area (Å²) in [6.07, 6.45) is 11.5. The number of aliphatic hydroxyl groups excluding tert-OH is 1. The van der Waals surface area contributed by atoms with Crippen molar-refractivity contribution in [2.75, 3.05) is 0 Å². The van der Waals surface area contributed by atoms with Crippen LogP contribution in [-0.2, 0) is 4.79 Å². The molecule has 0 spiro atoms. The van der Waals surface area contributed by atoms with Crippen LogP contribution in [-0.4, -0.2) is 17.0 Å². The van der Waals surface area contributed by atoms with Gasteiger partial charge in [-0.25, -0.2) is 0 Å². The second kappa shape index (κ2) is 6.42. The Kier molecular flexibility index (Phi) is 4.21. The molecule has 0 bridgehead atoms. The van der Waals surface area contributed by atoms with Crippen LogP contribution in [0.3, 0.4) is 0 Å². The lowest BCUT2D eigenvalue weighted by atomic mass is 9.48. The van der Waals surface area contributed by atoms with E-state index >= 15 is 0 Å². The highest BCUT2D eigenvalue weighted by Gasteiger charge is 2.59. The molecule has 0 radical (unpaired) electrons. The van der Waals surface area contributed by atoms with Crippen LogP contribution in [0.2, 0.25) is 0 Å². The molecule has 28 heavy (non-hydrogen) atoms. The van der Waals surface area contributed by atoms with Crippen LogP contribution in [0.15, 0.2) is 47.6 Å². The van der Waals surface area contributed by atoms with Crippen LogP contribution in [0.5, 0.6) is 0 Å². The van der Waals surface area contributed by atoms with Gasteiger partial charge >= 0.3 is 0 Å². The summed E-state index contributed by atoms with van der Waals surface area (Å²) in [4.78, 5) is 13.4. The lowest BCUT2D eigenvalue weighted by Crippen LogP contribution is -2.50. The Morgan fingerprint density at radius 2 is 1.75 bits per heavy atom. The average Bonchev–Trinajstić information content (AvgIpc) is 2.94. The molecule has 0 aliphatic heterocycles. The molecule has 3 fully saturated rings. The number of carbonyl (C=O) groups is 1. The largest absolute Gasteiger partial charge is 0.393 e. The molecule has 4 aliphatic rings. The molecule has 5 rings (SSSR count). The molecule has 1 aromatic carbocycles. The van der Waals surface area contributed by atoms with Crippen molar-refractivity contribution in [2.24, 2.45) is 28.6 Å². The number of Topliss-reactive ketones (excluding diaryl/α,β-unsaturated/α-hetero) is 1. The molecule has 0 unspecified atom stereocenters. The van der Waals surface area contributed by atoms with Crippen LogP contribution in [0, 0.1) is 28.6 Å². The van der Waals surface area contributed by atoms with E-state index in [0.29, 0.717) is 23.5 Å². The standard InChI is InChI=1S/C26H32O2/c1-25-12-10-20(27)16-19(25)8-9-21-22(25)11-13-26(2)23(21)15-18(24(26)28)14-17-6-4-3-5-7-17/h3-8,14,20-23,27H,9-13,15-16H2,1-2H3/b18-14+/t20-,21+,22-,23+,25-,26-/m1/s1. The minimum Gasteiger partial charge on any atom is -0.393 e. The number of aliphatic hydroxyl groups is 1. The Morgan fingerprint density at radius 3 is 2.54 bits per heavy atom. The minimum absolute atomic E-state index is 0.154. The lowest BCUT2D eigenvalue weighted by Gasteiger charge is -2.56. The Balaban J connectivity index is 1.48. The molecule has 148 valence electrons. The molecule has 0 saturated heterocycles. The molecule has 3 saturated carbocycles. The van der Waals surface area contributed by atoms with Gasteiger partial charge in [-0.05, 0) is 85.3 Å². The maximum atomic E-state index is 13.4. The van der Waals surface area contributed by atoms with Crippen molar-refractivity contribution in [1.82, 2.24) is 0 Å². The summed E-state index contributed by atoms with van der Waals surface area (Å²) in [6, 6.07) is 10.3. The molecular weight excluding hydrogens is 344 g/mol. The molecule has 0 amide bonds. The summed E-state index contributed by atoms with van der Waals surface area (Å²) in [5, 5.41) is 10.2.